The number of ketones is 1. The number of rotatable bonds is 8. The number of carboxylic acid groups (broad SMARTS) is 1. The van der Waals surface area contributed by atoms with Gasteiger partial charge in [-0.15, -0.1) is 0 Å². The summed E-state index contributed by atoms with van der Waals surface area (Å²) in [7, 11) is 0. The number of aliphatic carboxylic acids is 1. The Bertz CT molecular complexity index is 1090. The number of hydrogen-bond donors (Lipinski definition) is 4. The van der Waals surface area contributed by atoms with Gasteiger partial charge in [0.25, 0.3) is 0 Å². The van der Waals surface area contributed by atoms with Gasteiger partial charge in [-0.2, -0.15) is 0 Å². The molecule has 1 heterocycles. The van der Waals surface area contributed by atoms with Crippen LogP contribution in [0.25, 0.3) is 21.7 Å². The standard InChI is InChI=1S/C20H20N2O7/c1-11(23)15-10-14-18(29-20(27)22-9-8-21-7-6-16(24)25)13-5-3-2-4-12(13)17(26)19(14)28-15/h2-5,10,21,26H,6-9H2,1H3,(H,22,27)(H,24,25). The summed E-state index contributed by atoms with van der Waals surface area (Å²) in [5.41, 5.74) is 0.0621. The third kappa shape index (κ3) is 4.46. The Morgan fingerprint density at radius 3 is 2.48 bits per heavy atom. The van der Waals surface area contributed by atoms with Crippen molar-refractivity contribution in [2.75, 3.05) is 19.6 Å². The van der Waals surface area contributed by atoms with Gasteiger partial charge in [0.2, 0.25) is 0 Å². The van der Waals surface area contributed by atoms with E-state index in [1.807, 2.05) is 0 Å². The molecule has 0 atom stereocenters. The van der Waals surface area contributed by atoms with Gasteiger partial charge in [0, 0.05) is 37.3 Å². The van der Waals surface area contributed by atoms with E-state index in [2.05, 4.69) is 10.6 Å². The summed E-state index contributed by atoms with van der Waals surface area (Å²) in [5, 5.41) is 25.7. The number of carbonyl (C=O) groups excluding carboxylic acids is 2. The summed E-state index contributed by atoms with van der Waals surface area (Å²) in [6.07, 6.45) is -0.742. The fraction of sp³-hybridized carbons (Fsp3) is 0.250. The van der Waals surface area contributed by atoms with Crippen molar-refractivity contribution in [2.24, 2.45) is 0 Å². The number of furan rings is 1. The van der Waals surface area contributed by atoms with Crippen molar-refractivity contribution < 1.29 is 33.8 Å². The molecule has 2 aromatic carbocycles. The Morgan fingerprint density at radius 1 is 1.07 bits per heavy atom. The van der Waals surface area contributed by atoms with Gasteiger partial charge in [0.1, 0.15) is 0 Å². The summed E-state index contributed by atoms with van der Waals surface area (Å²) < 4.78 is 10.9. The highest BCUT2D eigenvalue weighted by molar-refractivity contribution is 6.11. The van der Waals surface area contributed by atoms with Crippen LogP contribution in [0.15, 0.2) is 34.7 Å². The third-order valence-corrected chi connectivity index (χ3v) is 4.25. The van der Waals surface area contributed by atoms with Gasteiger partial charge in [0.15, 0.2) is 28.6 Å². The predicted octanol–water partition coefficient (Wildman–Crippen LogP) is 2.65. The van der Waals surface area contributed by atoms with Crippen LogP contribution in [0.2, 0.25) is 0 Å². The van der Waals surface area contributed by atoms with E-state index in [1.54, 1.807) is 24.3 Å². The number of phenols is 1. The number of Topliss-reactive ketones (excluding diaryl/α,β-unsaturated/α-hetero) is 1. The van der Waals surface area contributed by atoms with Gasteiger partial charge >= 0.3 is 12.1 Å². The highest BCUT2D eigenvalue weighted by Gasteiger charge is 2.21. The monoisotopic (exact) mass is 400 g/mol. The lowest BCUT2D eigenvalue weighted by molar-refractivity contribution is -0.136. The van der Waals surface area contributed by atoms with Crippen molar-refractivity contribution in [2.45, 2.75) is 13.3 Å². The molecule has 0 radical (unpaired) electrons. The number of benzene rings is 2. The molecule has 152 valence electrons. The molecule has 3 aromatic rings. The number of ether oxygens (including phenoxy) is 1. The first kappa shape index (κ1) is 20.2. The van der Waals surface area contributed by atoms with Gasteiger partial charge in [-0.05, 0) is 6.07 Å². The first-order valence-electron chi connectivity index (χ1n) is 8.94. The van der Waals surface area contributed by atoms with Gasteiger partial charge in [-0.3, -0.25) is 9.59 Å². The lowest BCUT2D eigenvalue weighted by Crippen LogP contribution is -2.34. The Hall–Kier alpha value is -3.59. The Morgan fingerprint density at radius 2 is 1.79 bits per heavy atom. The van der Waals surface area contributed by atoms with Crippen molar-refractivity contribution in [3.05, 3.63) is 36.1 Å². The Labute approximate surface area is 165 Å². The number of carboxylic acids is 1. The van der Waals surface area contributed by atoms with Crippen molar-refractivity contribution in [3.63, 3.8) is 0 Å². The molecule has 9 nitrogen and oxygen atoms in total. The van der Waals surface area contributed by atoms with Gasteiger partial charge < -0.3 is 30.0 Å². The third-order valence-electron chi connectivity index (χ3n) is 4.25. The van der Waals surface area contributed by atoms with Crippen molar-refractivity contribution >= 4 is 39.6 Å². The van der Waals surface area contributed by atoms with Crippen LogP contribution in [0.5, 0.6) is 11.5 Å². The van der Waals surface area contributed by atoms with Crippen LogP contribution >= 0.6 is 0 Å². The van der Waals surface area contributed by atoms with Crippen LogP contribution in [-0.4, -0.2) is 47.7 Å². The molecule has 3 rings (SSSR count). The maximum Gasteiger partial charge on any atom is 0.412 e. The van der Waals surface area contributed by atoms with Gasteiger partial charge in [0.05, 0.1) is 11.8 Å². The van der Waals surface area contributed by atoms with Crippen molar-refractivity contribution in [3.8, 4) is 11.5 Å². The van der Waals surface area contributed by atoms with Crippen LogP contribution in [0, 0.1) is 0 Å². The molecular weight excluding hydrogens is 380 g/mol. The minimum atomic E-state index is -0.905. The number of fused-ring (bicyclic) bond motifs is 2. The summed E-state index contributed by atoms with van der Waals surface area (Å²) in [6, 6.07) is 8.22. The van der Waals surface area contributed by atoms with E-state index >= 15 is 0 Å². The molecule has 0 unspecified atom stereocenters. The van der Waals surface area contributed by atoms with E-state index in [-0.39, 0.29) is 48.1 Å². The lowest BCUT2D eigenvalue weighted by atomic mass is 10.1. The molecule has 0 aliphatic heterocycles. The molecule has 1 aromatic heterocycles. The van der Waals surface area contributed by atoms with E-state index in [9.17, 15) is 19.5 Å². The molecular formula is C20H20N2O7. The Kier molecular flexibility index (Phi) is 5.99. The fourth-order valence-electron chi connectivity index (χ4n) is 2.88. The average molecular weight is 400 g/mol. The topological polar surface area (TPSA) is 138 Å². The normalized spacial score (nSPS) is 10.9. The summed E-state index contributed by atoms with van der Waals surface area (Å²) in [5.74, 6) is -1.16. The second kappa shape index (κ2) is 8.61. The molecule has 0 aliphatic carbocycles. The van der Waals surface area contributed by atoms with E-state index in [1.165, 1.54) is 13.0 Å². The summed E-state index contributed by atoms with van der Waals surface area (Å²) in [4.78, 5) is 34.4. The molecule has 29 heavy (non-hydrogen) atoms. The SMILES string of the molecule is CC(=O)c1cc2c(OC(=O)NCCNCCC(=O)O)c3ccccc3c(O)c2o1. The number of amides is 1. The maximum absolute atomic E-state index is 12.3. The largest absolute Gasteiger partial charge is 0.504 e. The molecule has 1 amide bonds. The molecule has 0 bridgehead atoms. The average Bonchev–Trinajstić information content (AvgIpc) is 3.13. The zero-order chi connectivity index (χ0) is 21.0. The number of aromatic hydroxyl groups is 1. The summed E-state index contributed by atoms with van der Waals surface area (Å²) >= 11 is 0. The Balaban J connectivity index is 1.82. The van der Waals surface area contributed by atoms with E-state index in [4.69, 9.17) is 14.3 Å². The van der Waals surface area contributed by atoms with Crippen LogP contribution in [0.3, 0.4) is 0 Å². The lowest BCUT2D eigenvalue weighted by Gasteiger charge is -2.11. The van der Waals surface area contributed by atoms with E-state index in [0.29, 0.717) is 22.7 Å². The molecule has 0 fully saturated rings. The van der Waals surface area contributed by atoms with Crippen molar-refractivity contribution in [1.29, 1.82) is 0 Å². The van der Waals surface area contributed by atoms with Crippen LogP contribution in [-0.2, 0) is 4.79 Å². The molecule has 4 N–H and O–H groups in total. The first-order valence-corrected chi connectivity index (χ1v) is 8.94. The van der Waals surface area contributed by atoms with Gasteiger partial charge in [-0.1, -0.05) is 24.3 Å². The predicted molar refractivity (Wildman–Crippen MR) is 105 cm³/mol. The molecule has 0 spiro atoms. The van der Waals surface area contributed by atoms with Crippen LogP contribution in [0.1, 0.15) is 23.9 Å². The minimum absolute atomic E-state index is 0.0130. The summed E-state index contributed by atoms with van der Waals surface area (Å²) in [6.45, 7) is 2.22. The molecule has 0 saturated carbocycles. The van der Waals surface area contributed by atoms with Crippen LogP contribution < -0.4 is 15.4 Å². The van der Waals surface area contributed by atoms with E-state index in [0.717, 1.165) is 0 Å². The zero-order valence-corrected chi connectivity index (χ0v) is 15.7. The quantitative estimate of drug-likeness (QED) is 0.334. The molecule has 0 saturated heterocycles. The maximum atomic E-state index is 12.3. The highest BCUT2D eigenvalue weighted by atomic mass is 16.6. The second-order valence-electron chi connectivity index (χ2n) is 6.34. The number of phenolic OH excluding ortho intramolecular Hbond substituents is 1. The number of carbonyl (C=O) groups is 3. The smallest absolute Gasteiger partial charge is 0.412 e. The molecule has 9 heteroatoms. The van der Waals surface area contributed by atoms with Crippen LogP contribution in [0.4, 0.5) is 4.79 Å². The van der Waals surface area contributed by atoms with Gasteiger partial charge in [-0.25, -0.2) is 4.79 Å². The second-order valence-corrected chi connectivity index (χ2v) is 6.34. The first-order chi connectivity index (χ1) is 13.9. The van der Waals surface area contributed by atoms with Crippen molar-refractivity contribution in [1.82, 2.24) is 10.6 Å². The molecule has 0 aliphatic rings. The zero-order valence-electron chi connectivity index (χ0n) is 15.7. The highest BCUT2D eigenvalue weighted by Crippen LogP contribution is 2.43. The minimum Gasteiger partial charge on any atom is -0.504 e. The number of hydrogen-bond acceptors (Lipinski definition) is 7. The number of nitrogens with one attached hydrogen (secondary N) is 2. The fourth-order valence-corrected chi connectivity index (χ4v) is 2.88. The van der Waals surface area contributed by atoms with E-state index < -0.39 is 12.1 Å².